The fourth-order valence-electron chi connectivity index (χ4n) is 2.11. The number of anilines is 3. The monoisotopic (exact) mass is 372 g/mol. The standard InChI is InChI=1S/C16H13ClN6O3/c17-10-6-7-13(12(8-10)23(24)25)26-9-14-20-15(18)22-16(21-14)19-11-4-2-1-3-5-11/h1-8H,9H2,(H3,18,19,20,21,22). The number of nitrogen functional groups attached to an aromatic ring is 1. The largest absolute Gasteiger partial charge is 0.479 e. The lowest BCUT2D eigenvalue weighted by atomic mass is 10.3. The molecule has 0 radical (unpaired) electrons. The highest BCUT2D eigenvalue weighted by Gasteiger charge is 2.16. The fraction of sp³-hybridized carbons (Fsp3) is 0.0625. The van der Waals surface area contributed by atoms with Crippen LogP contribution >= 0.6 is 11.6 Å². The third-order valence-electron chi connectivity index (χ3n) is 3.20. The first-order chi connectivity index (χ1) is 12.5. The molecule has 132 valence electrons. The van der Waals surface area contributed by atoms with Crippen molar-refractivity contribution in [3.63, 3.8) is 0 Å². The summed E-state index contributed by atoms with van der Waals surface area (Å²) in [5.41, 5.74) is 6.22. The van der Waals surface area contributed by atoms with E-state index in [1.54, 1.807) is 0 Å². The number of para-hydroxylation sites is 1. The molecule has 26 heavy (non-hydrogen) atoms. The Bertz CT molecular complexity index is 939. The van der Waals surface area contributed by atoms with Crippen LogP contribution < -0.4 is 15.8 Å². The summed E-state index contributed by atoms with van der Waals surface area (Å²) in [5.74, 6) is 0.520. The Kier molecular flexibility index (Phi) is 5.09. The molecule has 0 aliphatic rings. The molecular formula is C16H13ClN6O3. The van der Waals surface area contributed by atoms with Crippen molar-refractivity contribution in [2.45, 2.75) is 6.61 Å². The number of aromatic nitrogens is 3. The average Bonchev–Trinajstić information content (AvgIpc) is 2.61. The van der Waals surface area contributed by atoms with Crippen molar-refractivity contribution >= 4 is 34.9 Å². The summed E-state index contributed by atoms with van der Waals surface area (Å²) in [4.78, 5) is 22.7. The van der Waals surface area contributed by atoms with E-state index in [1.807, 2.05) is 30.3 Å². The first-order valence-corrected chi connectivity index (χ1v) is 7.78. The summed E-state index contributed by atoms with van der Waals surface area (Å²) >= 11 is 5.78. The van der Waals surface area contributed by atoms with Gasteiger partial charge in [-0.25, -0.2) is 0 Å². The number of ether oxygens (including phenoxy) is 1. The highest BCUT2D eigenvalue weighted by molar-refractivity contribution is 6.30. The Hall–Kier alpha value is -3.46. The SMILES string of the molecule is Nc1nc(COc2ccc(Cl)cc2[N+](=O)[O-])nc(Nc2ccccc2)n1. The van der Waals surface area contributed by atoms with Gasteiger partial charge in [0.1, 0.15) is 6.61 Å². The molecule has 1 aromatic heterocycles. The number of hydrogen-bond acceptors (Lipinski definition) is 8. The number of rotatable bonds is 6. The van der Waals surface area contributed by atoms with Gasteiger partial charge >= 0.3 is 5.69 Å². The van der Waals surface area contributed by atoms with Crippen LogP contribution in [0.3, 0.4) is 0 Å². The number of nitro groups is 1. The second-order valence-electron chi connectivity index (χ2n) is 5.08. The predicted molar refractivity (Wildman–Crippen MR) is 96.4 cm³/mol. The van der Waals surface area contributed by atoms with Crippen molar-refractivity contribution in [1.82, 2.24) is 15.0 Å². The van der Waals surface area contributed by atoms with E-state index in [2.05, 4.69) is 20.3 Å². The molecule has 0 amide bonds. The van der Waals surface area contributed by atoms with Gasteiger partial charge in [0, 0.05) is 16.8 Å². The summed E-state index contributed by atoms with van der Waals surface area (Å²) in [6.07, 6.45) is 0. The summed E-state index contributed by atoms with van der Waals surface area (Å²) in [5, 5.41) is 14.3. The second-order valence-corrected chi connectivity index (χ2v) is 5.52. The Balaban J connectivity index is 1.77. The van der Waals surface area contributed by atoms with E-state index < -0.39 is 4.92 Å². The van der Waals surface area contributed by atoms with E-state index in [4.69, 9.17) is 22.1 Å². The minimum absolute atomic E-state index is 0.00244. The highest BCUT2D eigenvalue weighted by Crippen LogP contribution is 2.30. The maximum Gasteiger partial charge on any atom is 0.312 e. The molecule has 2 aromatic carbocycles. The molecule has 9 nitrogen and oxygen atoms in total. The van der Waals surface area contributed by atoms with Crippen molar-refractivity contribution in [3.8, 4) is 5.75 Å². The Labute approximate surface area is 153 Å². The maximum absolute atomic E-state index is 11.1. The summed E-state index contributed by atoms with van der Waals surface area (Å²) < 4.78 is 5.46. The third kappa shape index (κ3) is 4.33. The van der Waals surface area contributed by atoms with Gasteiger partial charge in [-0.15, -0.1) is 0 Å². The predicted octanol–water partition coefficient (Wildman–Crippen LogP) is 3.34. The Morgan fingerprint density at radius 1 is 1.15 bits per heavy atom. The molecule has 10 heteroatoms. The summed E-state index contributed by atoms with van der Waals surface area (Å²) in [6.45, 7) is -0.126. The molecule has 0 spiro atoms. The second kappa shape index (κ2) is 7.62. The van der Waals surface area contributed by atoms with Gasteiger partial charge in [0.15, 0.2) is 11.6 Å². The van der Waals surface area contributed by atoms with Gasteiger partial charge in [0.05, 0.1) is 4.92 Å². The molecule has 0 aliphatic heterocycles. The quantitative estimate of drug-likeness (QED) is 0.497. The van der Waals surface area contributed by atoms with Crippen LogP contribution in [0, 0.1) is 10.1 Å². The van der Waals surface area contributed by atoms with E-state index in [-0.39, 0.29) is 40.8 Å². The molecule has 0 bridgehead atoms. The maximum atomic E-state index is 11.1. The first kappa shape index (κ1) is 17.4. The van der Waals surface area contributed by atoms with Gasteiger partial charge in [-0.3, -0.25) is 10.1 Å². The minimum Gasteiger partial charge on any atom is -0.479 e. The molecule has 0 aliphatic carbocycles. The van der Waals surface area contributed by atoms with E-state index in [1.165, 1.54) is 18.2 Å². The van der Waals surface area contributed by atoms with Gasteiger partial charge in [0.25, 0.3) is 0 Å². The number of nitro benzene ring substituents is 1. The van der Waals surface area contributed by atoms with E-state index >= 15 is 0 Å². The van der Waals surface area contributed by atoms with Crippen molar-refractivity contribution in [2.75, 3.05) is 11.1 Å². The zero-order valence-corrected chi connectivity index (χ0v) is 14.1. The molecule has 0 saturated heterocycles. The van der Waals surface area contributed by atoms with Crippen LogP contribution in [0.1, 0.15) is 5.82 Å². The lowest BCUT2D eigenvalue weighted by molar-refractivity contribution is -0.385. The van der Waals surface area contributed by atoms with Gasteiger partial charge in [0.2, 0.25) is 11.9 Å². The lowest BCUT2D eigenvalue weighted by Gasteiger charge is -2.09. The van der Waals surface area contributed by atoms with E-state index in [9.17, 15) is 10.1 Å². The molecule has 0 unspecified atom stereocenters. The van der Waals surface area contributed by atoms with Gasteiger partial charge < -0.3 is 15.8 Å². The smallest absolute Gasteiger partial charge is 0.312 e. The number of benzene rings is 2. The molecule has 3 N–H and O–H groups in total. The van der Waals surface area contributed by atoms with Gasteiger partial charge in [-0.2, -0.15) is 15.0 Å². The van der Waals surface area contributed by atoms with Crippen LogP contribution in [0.2, 0.25) is 5.02 Å². The highest BCUT2D eigenvalue weighted by atomic mass is 35.5. The summed E-state index contributed by atoms with van der Waals surface area (Å²) in [6, 6.07) is 13.4. The molecule has 0 saturated carbocycles. The lowest BCUT2D eigenvalue weighted by Crippen LogP contribution is -2.09. The fourth-order valence-corrected chi connectivity index (χ4v) is 2.27. The number of hydrogen-bond donors (Lipinski definition) is 2. The van der Waals surface area contributed by atoms with Gasteiger partial charge in [-0.05, 0) is 24.3 Å². The molecular weight excluding hydrogens is 360 g/mol. The Morgan fingerprint density at radius 2 is 1.92 bits per heavy atom. The van der Waals surface area contributed by atoms with Crippen molar-refractivity contribution in [1.29, 1.82) is 0 Å². The molecule has 0 fully saturated rings. The topological polar surface area (TPSA) is 129 Å². The minimum atomic E-state index is -0.578. The van der Waals surface area contributed by atoms with Crippen LogP contribution in [0.4, 0.5) is 23.3 Å². The van der Waals surface area contributed by atoms with Gasteiger partial charge in [-0.1, -0.05) is 29.8 Å². The van der Waals surface area contributed by atoms with Crippen molar-refractivity contribution < 1.29 is 9.66 Å². The van der Waals surface area contributed by atoms with E-state index in [0.717, 1.165) is 5.69 Å². The molecule has 0 atom stereocenters. The van der Waals surface area contributed by atoms with Crippen LogP contribution in [0.25, 0.3) is 0 Å². The number of nitrogens with zero attached hydrogens (tertiary/aromatic N) is 4. The number of nitrogens with one attached hydrogen (secondary N) is 1. The zero-order chi connectivity index (χ0) is 18.5. The molecule has 3 rings (SSSR count). The number of nitrogens with two attached hydrogens (primary N) is 1. The van der Waals surface area contributed by atoms with Crippen molar-refractivity contribution in [2.24, 2.45) is 0 Å². The van der Waals surface area contributed by atoms with Crippen LogP contribution in [0.15, 0.2) is 48.5 Å². The Morgan fingerprint density at radius 3 is 2.65 bits per heavy atom. The normalized spacial score (nSPS) is 10.3. The zero-order valence-electron chi connectivity index (χ0n) is 13.3. The summed E-state index contributed by atoms with van der Waals surface area (Å²) in [7, 11) is 0. The molecule has 3 aromatic rings. The van der Waals surface area contributed by atoms with Crippen LogP contribution in [0.5, 0.6) is 5.75 Å². The van der Waals surface area contributed by atoms with E-state index in [0.29, 0.717) is 0 Å². The third-order valence-corrected chi connectivity index (χ3v) is 3.44. The van der Waals surface area contributed by atoms with Crippen LogP contribution in [-0.2, 0) is 6.61 Å². The average molecular weight is 373 g/mol. The van der Waals surface area contributed by atoms with Crippen molar-refractivity contribution in [3.05, 3.63) is 69.5 Å². The first-order valence-electron chi connectivity index (χ1n) is 7.40. The molecule has 1 heterocycles. The number of halogens is 1. The van der Waals surface area contributed by atoms with Crippen LogP contribution in [-0.4, -0.2) is 19.9 Å².